The van der Waals surface area contributed by atoms with E-state index in [-0.39, 0.29) is 5.91 Å². The smallest absolute Gasteiger partial charge is 0.246 e. The fourth-order valence-corrected chi connectivity index (χ4v) is 3.32. The van der Waals surface area contributed by atoms with Crippen molar-refractivity contribution in [3.63, 3.8) is 0 Å². The highest BCUT2D eigenvalue weighted by Crippen LogP contribution is 2.18. The summed E-state index contributed by atoms with van der Waals surface area (Å²) in [6.45, 7) is 6.88. The van der Waals surface area contributed by atoms with Gasteiger partial charge in [0, 0.05) is 25.1 Å². The van der Waals surface area contributed by atoms with E-state index in [0.29, 0.717) is 12.1 Å². The number of benzene rings is 2. The summed E-state index contributed by atoms with van der Waals surface area (Å²) in [5, 5.41) is 2.89. The molecule has 1 N–H and O–H groups in total. The Bertz CT molecular complexity index is 986. The number of rotatable bonds is 10. The normalized spacial score (nSPS) is 11.2. The number of hydrogen-bond acceptors (Lipinski definition) is 2. The lowest BCUT2D eigenvalue weighted by Gasteiger charge is -2.07. The molecule has 3 rings (SSSR count). The van der Waals surface area contributed by atoms with E-state index < -0.39 is 0 Å². The number of fused-ring (bicyclic) bond motifs is 1. The average Bonchev–Trinajstić information content (AvgIpc) is 3.08. The summed E-state index contributed by atoms with van der Waals surface area (Å²) in [5.41, 5.74) is 3.98. The maximum Gasteiger partial charge on any atom is 0.246 e. The highest BCUT2D eigenvalue weighted by Gasteiger charge is 2.09. The lowest BCUT2D eigenvalue weighted by atomic mass is 10.2. The summed E-state index contributed by atoms with van der Waals surface area (Å²) in [6.07, 6.45) is 8.35. The predicted octanol–water partition coefficient (Wildman–Crippen LogP) is 5.15. The third kappa shape index (κ3) is 5.92. The van der Waals surface area contributed by atoms with Gasteiger partial charge in [-0.3, -0.25) is 4.79 Å². The molecular weight excluding hydrogens is 358 g/mol. The fraction of sp³-hybridized carbons (Fsp3) is 0.280. The second-order valence-corrected chi connectivity index (χ2v) is 7.29. The lowest BCUT2D eigenvalue weighted by molar-refractivity contribution is -0.117. The predicted molar refractivity (Wildman–Crippen MR) is 121 cm³/mol. The number of allylic oxidation sites excluding steroid dienone is 1. The Morgan fingerprint density at radius 1 is 1.07 bits per heavy atom. The van der Waals surface area contributed by atoms with E-state index >= 15 is 0 Å². The van der Waals surface area contributed by atoms with Crippen LogP contribution in [0.5, 0.6) is 0 Å². The van der Waals surface area contributed by atoms with E-state index in [4.69, 9.17) is 4.98 Å². The van der Waals surface area contributed by atoms with E-state index in [1.165, 1.54) is 11.1 Å². The minimum Gasteiger partial charge on any atom is -0.352 e. The number of carbonyl (C=O) groups is 1. The van der Waals surface area contributed by atoms with Crippen molar-refractivity contribution in [2.75, 3.05) is 6.54 Å². The Kier molecular flexibility index (Phi) is 7.40. The van der Waals surface area contributed by atoms with Crippen molar-refractivity contribution in [2.45, 2.75) is 39.2 Å². The molecule has 1 amide bonds. The van der Waals surface area contributed by atoms with Crippen LogP contribution < -0.4 is 5.32 Å². The molecule has 4 nitrogen and oxygen atoms in total. The molecule has 150 valence electrons. The number of nitrogens with zero attached hydrogens (tertiary/aromatic N) is 2. The maximum absolute atomic E-state index is 11.5. The van der Waals surface area contributed by atoms with Crippen LogP contribution in [0.3, 0.4) is 0 Å². The van der Waals surface area contributed by atoms with Gasteiger partial charge in [0.1, 0.15) is 5.82 Å². The van der Waals surface area contributed by atoms with Gasteiger partial charge in [0.25, 0.3) is 0 Å². The Balaban J connectivity index is 1.59. The van der Waals surface area contributed by atoms with Crippen molar-refractivity contribution in [1.29, 1.82) is 0 Å². The largest absolute Gasteiger partial charge is 0.352 e. The number of aryl methyl sites for hydroxylation is 1. The monoisotopic (exact) mass is 387 g/mol. The molecule has 0 radical (unpaired) electrons. The molecule has 0 saturated heterocycles. The molecular formula is C25H29N3O. The number of imidazole rings is 1. The van der Waals surface area contributed by atoms with Gasteiger partial charge in [0.2, 0.25) is 5.91 Å². The standard InChI is InChI=1S/C25H29N3O/c1-20(2)25(29)26-18-10-4-7-17-24-27-22-15-8-9-16-23(22)28(24)19-11-14-21-12-5-3-6-13-21/h3,5-6,8-9,11-16H,1,4,7,10,17-19H2,2H3,(H,26,29)/b14-11+. The van der Waals surface area contributed by atoms with Crippen LogP contribution in [0.1, 0.15) is 37.6 Å². The number of nitrogens with one attached hydrogen (secondary N) is 1. The molecule has 29 heavy (non-hydrogen) atoms. The molecule has 0 bridgehead atoms. The zero-order valence-corrected chi connectivity index (χ0v) is 17.1. The molecule has 0 fully saturated rings. The van der Waals surface area contributed by atoms with Crippen LogP contribution in [-0.2, 0) is 17.8 Å². The Labute approximate surface area is 173 Å². The van der Waals surface area contributed by atoms with Gasteiger partial charge in [0.05, 0.1) is 11.0 Å². The second kappa shape index (κ2) is 10.4. The zero-order chi connectivity index (χ0) is 20.5. The lowest BCUT2D eigenvalue weighted by Crippen LogP contribution is -2.24. The third-order valence-corrected chi connectivity index (χ3v) is 4.88. The van der Waals surface area contributed by atoms with Gasteiger partial charge >= 0.3 is 0 Å². The Hall–Kier alpha value is -3.14. The van der Waals surface area contributed by atoms with Crippen LogP contribution in [0.25, 0.3) is 17.1 Å². The van der Waals surface area contributed by atoms with E-state index in [1.54, 1.807) is 6.92 Å². The fourth-order valence-electron chi connectivity index (χ4n) is 3.32. The summed E-state index contributed by atoms with van der Waals surface area (Å²) in [6, 6.07) is 18.7. The van der Waals surface area contributed by atoms with Gasteiger partial charge in [-0.05, 0) is 37.5 Å². The third-order valence-electron chi connectivity index (χ3n) is 4.88. The van der Waals surface area contributed by atoms with Gasteiger partial charge in [-0.15, -0.1) is 0 Å². The van der Waals surface area contributed by atoms with Crippen molar-refractivity contribution in [3.8, 4) is 0 Å². The van der Waals surface area contributed by atoms with Crippen LogP contribution >= 0.6 is 0 Å². The molecule has 0 saturated carbocycles. The SMILES string of the molecule is C=C(C)C(=O)NCCCCCc1nc2ccccc2n1C/C=C/c1ccccc1. The number of unbranched alkanes of at least 4 members (excludes halogenated alkanes) is 2. The first-order chi connectivity index (χ1) is 14.1. The summed E-state index contributed by atoms with van der Waals surface area (Å²) >= 11 is 0. The number of para-hydroxylation sites is 2. The molecule has 0 atom stereocenters. The Morgan fingerprint density at radius 3 is 2.62 bits per heavy atom. The van der Waals surface area contributed by atoms with E-state index in [1.807, 2.05) is 12.1 Å². The molecule has 0 unspecified atom stereocenters. The molecule has 0 aliphatic heterocycles. The van der Waals surface area contributed by atoms with Gasteiger partial charge in [-0.1, -0.05) is 67.6 Å². The molecule has 1 aromatic heterocycles. The van der Waals surface area contributed by atoms with Crippen molar-refractivity contribution in [1.82, 2.24) is 14.9 Å². The van der Waals surface area contributed by atoms with Gasteiger partial charge in [0.15, 0.2) is 0 Å². The molecule has 4 heteroatoms. The van der Waals surface area contributed by atoms with Crippen LogP contribution in [0.4, 0.5) is 0 Å². The first-order valence-electron chi connectivity index (χ1n) is 10.2. The van der Waals surface area contributed by atoms with Crippen molar-refractivity contribution in [3.05, 3.63) is 84.2 Å². The van der Waals surface area contributed by atoms with E-state index in [2.05, 4.69) is 71.1 Å². The summed E-state index contributed by atoms with van der Waals surface area (Å²) in [4.78, 5) is 16.4. The van der Waals surface area contributed by atoms with E-state index in [9.17, 15) is 4.79 Å². The van der Waals surface area contributed by atoms with Crippen LogP contribution in [0.15, 0.2) is 72.8 Å². The van der Waals surface area contributed by atoms with Crippen molar-refractivity contribution >= 4 is 23.0 Å². The number of aromatic nitrogens is 2. The summed E-state index contributed by atoms with van der Waals surface area (Å²) in [5.74, 6) is 1.06. The van der Waals surface area contributed by atoms with Gasteiger partial charge < -0.3 is 9.88 Å². The summed E-state index contributed by atoms with van der Waals surface area (Å²) < 4.78 is 2.30. The molecule has 1 heterocycles. The minimum absolute atomic E-state index is 0.0583. The molecule has 0 spiro atoms. The quantitative estimate of drug-likeness (QED) is 0.386. The number of hydrogen-bond donors (Lipinski definition) is 1. The van der Waals surface area contributed by atoms with Crippen molar-refractivity contribution in [2.24, 2.45) is 0 Å². The highest BCUT2D eigenvalue weighted by molar-refractivity contribution is 5.92. The summed E-state index contributed by atoms with van der Waals surface area (Å²) in [7, 11) is 0. The van der Waals surface area contributed by atoms with Crippen LogP contribution in [-0.4, -0.2) is 22.0 Å². The second-order valence-electron chi connectivity index (χ2n) is 7.29. The first kappa shape index (κ1) is 20.6. The van der Waals surface area contributed by atoms with Crippen LogP contribution in [0.2, 0.25) is 0 Å². The van der Waals surface area contributed by atoms with Crippen molar-refractivity contribution < 1.29 is 4.79 Å². The molecule has 2 aromatic carbocycles. The van der Waals surface area contributed by atoms with Gasteiger partial charge in [-0.2, -0.15) is 0 Å². The zero-order valence-electron chi connectivity index (χ0n) is 17.1. The highest BCUT2D eigenvalue weighted by atomic mass is 16.1. The first-order valence-corrected chi connectivity index (χ1v) is 10.2. The molecule has 3 aromatic rings. The Morgan fingerprint density at radius 2 is 1.83 bits per heavy atom. The number of carbonyl (C=O) groups excluding carboxylic acids is 1. The topological polar surface area (TPSA) is 46.9 Å². The van der Waals surface area contributed by atoms with Gasteiger partial charge in [-0.25, -0.2) is 4.98 Å². The average molecular weight is 388 g/mol. The molecule has 0 aliphatic rings. The molecule has 0 aliphatic carbocycles. The van der Waals surface area contributed by atoms with Crippen LogP contribution in [0, 0.1) is 0 Å². The van der Waals surface area contributed by atoms with E-state index in [0.717, 1.165) is 43.6 Å². The number of amides is 1. The maximum atomic E-state index is 11.5. The minimum atomic E-state index is -0.0583.